The number of nitrogen functional groups attached to an aromatic ring is 1. The van der Waals surface area contributed by atoms with Gasteiger partial charge in [0.25, 0.3) is 0 Å². The van der Waals surface area contributed by atoms with Crippen LogP contribution in [-0.4, -0.2) is 20.0 Å². The molecule has 6 nitrogen and oxygen atoms in total. The molecular formula is C19H17N5OS. The van der Waals surface area contributed by atoms with Crippen LogP contribution < -0.4 is 5.84 Å². The van der Waals surface area contributed by atoms with Crippen LogP contribution in [0.4, 0.5) is 0 Å². The third-order valence-electron chi connectivity index (χ3n) is 3.95. The molecule has 0 bridgehead atoms. The number of benzene rings is 2. The third kappa shape index (κ3) is 3.34. The number of hydrogen-bond donors (Lipinski definition) is 1. The van der Waals surface area contributed by atoms with Gasteiger partial charge in [-0.1, -0.05) is 77.1 Å². The zero-order chi connectivity index (χ0) is 17.9. The van der Waals surface area contributed by atoms with Crippen molar-refractivity contribution in [1.82, 2.24) is 20.0 Å². The number of nitrogens with zero attached hydrogens (tertiary/aromatic N) is 4. The van der Waals surface area contributed by atoms with E-state index in [-0.39, 0.29) is 0 Å². The Labute approximate surface area is 155 Å². The minimum absolute atomic E-state index is 0.572. The quantitative estimate of drug-likeness (QED) is 0.427. The third-order valence-corrected chi connectivity index (χ3v) is 4.91. The maximum Gasteiger partial charge on any atom is 0.210 e. The van der Waals surface area contributed by atoms with Gasteiger partial charge in [-0.25, -0.2) is 4.68 Å². The molecule has 0 saturated heterocycles. The van der Waals surface area contributed by atoms with Crippen molar-refractivity contribution < 1.29 is 4.52 Å². The Hall–Kier alpha value is -3.06. The van der Waals surface area contributed by atoms with Crippen molar-refractivity contribution in [1.29, 1.82) is 0 Å². The standard InChI is InChI=1S/C19H17N5OS/c1-13-7-9-15(10-8-13)18-21-22-19(24(18)20)26-12-16-11-17(23-25-16)14-5-3-2-4-6-14/h2-11H,12,20H2,1H3. The van der Waals surface area contributed by atoms with E-state index in [2.05, 4.69) is 15.4 Å². The normalized spacial score (nSPS) is 11.0. The maximum absolute atomic E-state index is 6.16. The minimum atomic E-state index is 0.572. The van der Waals surface area contributed by atoms with E-state index in [1.54, 1.807) is 0 Å². The number of hydrogen-bond acceptors (Lipinski definition) is 6. The molecule has 2 N–H and O–H groups in total. The molecule has 0 radical (unpaired) electrons. The molecule has 2 heterocycles. The van der Waals surface area contributed by atoms with Crippen molar-refractivity contribution in [2.24, 2.45) is 0 Å². The fourth-order valence-corrected chi connectivity index (χ4v) is 3.27. The summed E-state index contributed by atoms with van der Waals surface area (Å²) in [6, 6.07) is 19.9. The second-order valence-electron chi connectivity index (χ2n) is 5.88. The van der Waals surface area contributed by atoms with Crippen molar-refractivity contribution >= 4 is 11.8 Å². The van der Waals surface area contributed by atoms with Gasteiger partial charge in [-0.15, -0.1) is 10.2 Å². The van der Waals surface area contributed by atoms with Gasteiger partial charge in [0.1, 0.15) is 11.5 Å². The lowest BCUT2D eigenvalue weighted by Gasteiger charge is -2.03. The highest BCUT2D eigenvalue weighted by atomic mass is 32.2. The van der Waals surface area contributed by atoms with Crippen molar-refractivity contribution in [2.75, 3.05) is 5.84 Å². The van der Waals surface area contributed by atoms with E-state index in [9.17, 15) is 0 Å². The Balaban J connectivity index is 1.47. The highest BCUT2D eigenvalue weighted by molar-refractivity contribution is 7.98. The Kier molecular flexibility index (Phi) is 4.45. The predicted octanol–water partition coefficient (Wildman–Crippen LogP) is 3.91. The van der Waals surface area contributed by atoms with Gasteiger partial charge in [0.2, 0.25) is 5.16 Å². The molecule has 0 spiro atoms. The number of rotatable bonds is 5. The van der Waals surface area contributed by atoms with Gasteiger partial charge in [-0.3, -0.25) is 0 Å². The number of thioether (sulfide) groups is 1. The molecule has 0 fully saturated rings. The summed E-state index contributed by atoms with van der Waals surface area (Å²) in [5.74, 6) is 8.12. The van der Waals surface area contributed by atoms with E-state index < -0.39 is 0 Å². The number of aryl methyl sites for hydroxylation is 1. The van der Waals surface area contributed by atoms with Crippen molar-refractivity contribution in [3.63, 3.8) is 0 Å². The first kappa shape index (κ1) is 16.4. The first-order valence-electron chi connectivity index (χ1n) is 8.12. The Morgan fingerprint density at radius 3 is 2.54 bits per heavy atom. The SMILES string of the molecule is Cc1ccc(-c2nnc(SCc3cc(-c4ccccc4)no3)n2N)cc1. The number of aromatic nitrogens is 4. The Morgan fingerprint density at radius 1 is 1.00 bits per heavy atom. The average Bonchev–Trinajstić information content (AvgIpc) is 3.29. The summed E-state index contributed by atoms with van der Waals surface area (Å²) in [4.78, 5) is 0. The highest BCUT2D eigenvalue weighted by Gasteiger charge is 2.14. The lowest BCUT2D eigenvalue weighted by Crippen LogP contribution is -2.11. The van der Waals surface area contributed by atoms with E-state index in [1.807, 2.05) is 67.6 Å². The van der Waals surface area contributed by atoms with Crippen LogP contribution in [0.1, 0.15) is 11.3 Å². The van der Waals surface area contributed by atoms with E-state index in [0.717, 1.165) is 22.6 Å². The van der Waals surface area contributed by atoms with Gasteiger partial charge in [0.15, 0.2) is 5.82 Å². The molecule has 0 saturated carbocycles. The summed E-state index contributed by atoms with van der Waals surface area (Å²) >= 11 is 1.46. The van der Waals surface area contributed by atoms with Gasteiger partial charge in [-0.2, -0.15) is 0 Å². The Bertz CT molecular complexity index is 1010. The van der Waals surface area contributed by atoms with Gasteiger partial charge >= 0.3 is 0 Å². The molecule has 4 aromatic rings. The predicted molar refractivity (Wildman–Crippen MR) is 102 cm³/mol. The van der Waals surface area contributed by atoms with Crippen molar-refractivity contribution in [2.45, 2.75) is 17.8 Å². The molecule has 0 aliphatic carbocycles. The van der Waals surface area contributed by atoms with Crippen LogP contribution in [0.15, 0.2) is 70.3 Å². The fourth-order valence-electron chi connectivity index (χ4n) is 2.54. The minimum Gasteiger partial charge on any atom is -0.360 e. The summed E-state index contributed by atoms with van der Waals surface area (Å²) in [6.45, 7) is 2.04. The fraction of sp³-hybridized carbons (Fsp3) is 0.105. The molecule has 2 aromatic heterocycles. The molecule has 0 aliphatic rings. The van der Waals surface area contributed by atoms with Crippen molar-refractivity contribution in [3.05, 3.63) is 72.0 Å². The van der Waals surface area contributed by atoms with Crippen LogP contribution in [0.25, 0.3) is 22.6 Å². The van der Waals surface area contributed by atoms with Crippen molar-refractivity contribution in [3.8, 4) is 22.6 Å². The zero-order valence-corrected chi connectivity index (χ0v) is 15.0. The summed E-state index contributed by atoms with van der Waals surface area (Å²) in [6.07, 6.45) is 0. The molecule has 26 heavy (non-hydrogen) atoms. The van der Waals surface area contributed by atoms with Crippen LogP contribution in [-0.2, 0) is 5.75 Å². The van der Waals surface area contributed by atoms with Crippen LogP contribution >= 0.6 is 11.8 Å². The molecule has 0 atom stereocenters. The molecule has 130 valence electrons. The molecule has 4 rings (SSSR count). The molecular weight excluding hydrogens is 346 g/mol. The first-order valence-corrected chi connectivity index (χ1v) is 9.10. The molecule has 7 heteroatoms. The smallest absolute Gasteiger partial charge is 0.210 e. The Morgan fingerprint density at radius 2 is 1.77 bits per heavy atom. The van der Waals surface area contributed by atoms with E-state index >= 15 is 0 Å². The van der Waals surface area contributed by atoms with Gasteiger partial charge in [0.05, 0.1) is 5.75 Å². The molecule has 2 aromatic carbocycles. The second kappa shape index (κ2) is 7.05. The van der Waals surface area contributed by atoms with Gasteiger partial charge in [-0.05, 0) is 6.92 Å². The van der Waals surface area contributed by atoms with Gasteiger partial charge < -0.3 is 10.4 Å². The number of nitrogens with two attached hydrogens (primary N) is 1. The maximum atomic E-state index is 6.16. The van der Waals surface area contributed by atoms with E-state index in [0.29, 0.717) is 16.7 Å². The first-order chi connectivity index (χ1) is 12.7. The summed E-state index contributed by atoms with van der Waals surface area (Å²) in [5.41, 5.74) is 3.96. The zero-order valence-electron chi connectivity index (χ0n) is 14.2. The average molecular weight is 363 g/mol. The van der Waals surface area contributed by atoms with E-state index in [1.165, 1.54) is 22.0 Å². The molecule has 0 aliphatic heterocycles. The summed E-state index contributed by atoms with van der Waals surface area (Å²) < 4.78 is 6.92. The lowest BCUT2D eigenvalue weighted by atomic mass is 10.1. The van der Waals surface area contributed by atoms with Crippen LogP contribution in [0.5, 0.6) is 0 Å². The molecule has 0 unspecified atom stereocenters. The largest absolute Gasteiger partial charge is 0.360 e. The summed E-state index contributed by atoms with van der Waals surface area (Å²) in [7, 11) is 0. The van der Waals surface area contributed by atoms with E-state index in [4.69, 9.17) is 10.4 Å². The summed E-state index contributed by atoms with van der Waals surface area (Å²) in [5, 5.41) is 13.1. The molecule has 0 amide bonds. The van der Waals surface area contributed by atoms with Crippen LogP contribution in [0.3, 0.4) is 0 Å². The van der Waals surface area contributed by atoms with Gasteiger partial charge in [0, 0.05) is 17.2 Å². The van der Waals surface area contributed by atoms with Crippen LogP contribution in [0, 0.1) is 6.92 Å². The second-order valence-corrected chi connectivity index (χ2v) is 6.82. The monoisotopic (exact) mass is 363 g/mol. The van der Waals surface area contributed by atoms with Crippen LogP contribution in [0.2, 0.25) is 0 Å². The highest BCUT2D eigenvalue weighted by Crippen LogP contribution is 2.26. The topological polar surface area (TPSA) is 82.8 Å². The lowest BCUT2D eigenvalue weighted by molar-refractivity contribution is 0.397.